The van der Waals surface area contributed by atoms with Crippen LogP contribution in [0.2, 0.25) is 0 Å². The minimum atomic E-state index is 0.393. The summed E-state index contributed by atoms with van der Waals surface area (Å²) in [5.41, 5.74) is 1.13. The van der Waals surface area contributed by atoms with Crippen molar-refractivity contribution in [3.63, 3.8) is 0 Å². The topological polar surface area (TPSA) is 24.9 Å². The van der Waals surface area contributed by atoms with E-state index in [1.807, 2.05) is 6.92 Å². The van der Waals surface area contributed by atoms with Crippen molar-refractivity contribution in [2.75, 3.05) is 6.54 Å². The normalized spacial score (nSPS) is 13.4. The van der Waals surface area contributed by atoms with Crippen LogP contribution in [0.25, 0.3) is 0 Å². The summed E-state index contributed by atoms with van der Waals surface area (Å²) in [5, 5.41) is 6.88. The summed E-state index contributed by atoms with van der Waals surface area (Å²) in [4.78, 5) is 4.50. The maximum absolute atomic E-state index is 4.50. The van der Waals surface area contributed by atoms with Gasteiger partial charge in [0.15, 0.2) is 0 Å². The van der Waals surface area contributed by atoms with Gasteiger partial charge in [0.25, 0.3) is 0 Å². The monoisotopic (exact) mass is 226 g/mol. The van der Waals surface area contributed by atoms with Crippen LogP contribution in [-0.2, 0) is 0 Å². The fourth-order valence-electron chi connectivity index (χ4n) is 1.58. The first-order valence-electron chi connectivity index (χ1n) is 5.82. The second kappa shape index (κ2) is 6.23. The van der Waals surface area contributed by atoms with Crippen LogP contribution in [-0.4, -0.2) is 11.5 Å². The minimum absolute atomic E-state index is 0.393. The molecule has 0 aliphatic carbocycles. The Hall–Kier alpha value is -0.410. The lowest BCUT2D eigenvalue weighted by Crippen LogP contribution is -2.25. The molecule has 3 heteroatoms. The molecule has 1 rings (SSSR count). The van der Waals surface area contributed by atoms with E-state index in [1.54, 1.807) is 11.3 Å². The highest BCUT2D eigenvalue weighted by atomic mass is 32.1. The average molecular weight is 226 g/mol. The average Bonchev–Trinajstić information content (AvgIpc) is 2.66. The number of rotatable bonds is 6. The maximum Gasteiger partial charge on any atom is 0.110 e. The molecule has 0 spiro atoms. The van der Waals surface area contributed by atoms with Crippen molar-refractivity contribution in [2.45, 2.75) is 46.6 Å². The van der Waals surface area contributed by atoms with E-state index in [2.05, 4.69) is 36.5 Å². The molecule has 0 aliphatic heterocycles. The van der Waals surface area contributed by atoms with Gasteiger partial charge in [0.2, 0.25) is 0 Å². The van der Waals surface area contributed by atoms with Crippen LogP contribution >= 0.6 is 11.3 Å². The second-order valence-corrected chi connectivity index (χ2v) is 5.03. The summed E-state index contributed by atoms with van der Waals surface area (Å²) in [6, 6.07) is 0.393. The Balaban J connectivity index is 2.39. The Morgan fingerprint density at radius 3 is 2.53 bits per heavy atom. The molecule has 1 aromatic rings. The fraction of sp³-hybridized carbons (Fsp3) is 0.750. The highest BCUT2D eigenvalue weighted by molar-refractivity contribution is 7.09. The Kier molecular flexibility index (Phi) is 5.26. The van der Waals surface area contributed by atoms with Crippen LogP contribution in [0.1, 0.15) is 50.4 Å². The van der Waals surface area contributed by atoms with Crippen molar-refractivity contribution < 1.29 is 0 Å². The summed E-state index contributed by atoms with van der Waals surface area (Å²) in [7, 11) is 0. The van der Waals surface area contributed by atoms with Crippen molar-refractivity contribution in [2.24, 2.45) is 5.92 Å². The van der Waals surface area contributed by atoms with Gasteiger partial charge >= 0.3 is 0 Å². The summed E-state index contributed by atoms with van der Waals surface area (Å²) in [5.74, 6) is 0.800. The van der Waals surface area contributed by atoms with Crippen LogP contribution in [0.4, 0.5) is 0 Å². The highest BCUT2D eigenvalue weighted by Gasteiger charge is 2.10. The van der Waals surface area contributed by atoms with E-state index < -0.39 is 0 Å². The van der Waals surface area contributed by atoms with Gasteiger partial charge in [-0.05, 0) is 26.3 Å². The zero-order valence-corrected chi connectivity index (χ0v) is 11.0. The van der Waals surface area contributed by atoms with Gasteiger partial charge in [-0.15, -0.1) is 11.3 Å². The van der Waals surface area contributed by atoms with Gasteiger partial charge in [0, 0.05) is 11.1 Å². The molecular formula is C12H22N2S. The quantitative estimate of drug-likeness (QED) is 0.802. The molecule has 1 heterocycles. The fourth-order valence-corrected chi connectivity index (χ4v) is 2.41. The molecule has 0 aliphatic rings. The molecular weight excluding hydrogens is 204 g/mol. The van der Waals surface area contributed by atoms with Gasteiger partial charge in [0.1, 0.15) is 5.01 Å². The molecule has 1 aromatic heterocycles. The van der Waals surface area contributed by atoms with E-state index in [0.29, 0.717) is 6.04 Å². The second-order valence-electron chi connectivity index (χ2n) is 4.14. The van der Waals surface area contributed by atoms with Gasteiger partial charge in [-0.2, -0.15) is 0 Å². The van der Waals surface area contributed by atoms with Crippen LogP contribution in [0, 0.1) is 12.8 Å². The molecule has 1 atom stereocenters. The molecule has 15 heavy (non-hydrogen) atoms. The van der Waals surface area contributed by atoms with Crippen molar-refractivity contribution >= 4 is 11.3 Å². The number of nitrogens with zero attached hydrogens (tertiary/aromatic N) is 1. The summed E-state index contributed by atoms with van der Waals surface area (Å²) < 4.78 is 0. The zero-order valence-electron chi connectivity index (χ0n) is 10.2. The zero-order chi connectivity index (χ0) is 11.3. The lowest BCUT2D eigenvalue weighted by Gasteiger charge is -2.16. The van der Waals surface area contributed by atoms with E-state index in [0.717, 1.165) is 18.2 Å². The van der Waals surface area contributed by atoms with Crippen LogP contribution < -0.4 is 5.32 Å². The number of hydrogen-bond donors (Lipinski definition) is 1. The van der Waals surface area contributed by atoms with Crippen molar-refractivity contribution in [3.05, 3.63) is 16.1 Å². The van der Waals surface area contributed by atoms with E-state index in [1.165, 1.54) is 17.8 Å². The molecule has 2 nitrogen and oxygen atoms in total. The van der Waals surface area contributed by atoms with E-state index >= 15 is 0 Å². The highest BCUT2D eigenvalue weighted by Crippen LogP contribution is 2.18. The Labute approximate surface area is 97.1 Å². The molecule has 0 aromatic carbocycles. The lowest BCUT2D eigenvalue weighted by molar-refractivity contribution is 0.422. The third kappa shape index (κ3) is 3.92. The minimum Gasteiger partial charge on any atom is -0.308 e. The molecule has 0 bridgehead atoms. The Morgan fingerprint density at radius 2 is 2.07 bits per heavy atom. The molecule has 1 N–H and O–H groups in total. The summed E-state index contributed by atoms with van der Waals surface area (Å²) in [6.45, 7) is 9.86. The van der Waals surface area contributed by atoms with E-state index in [4.69, 9.17) is 0 Å². The first-order valence-corrected chi connectivity index (χ1v) is 6.70. The third-order valence-electron chi connectivity index (χ3n) is 2.87. The smallest absolute Gasteiger partial charge is 0.110 e. The summed E-state index contributed by atoms with van der Waals surface area (Å²) >= 11 is 1.75. The van der Waals surface area contributed by atoms with Crippen molar-refractivity contribution in [1.29, 1.82) is 0 Å². The van der Waals surface area contributed by atoms with Gasteiger partial charge < -0.3 is 5.32 Å². The lowest BCUT2D eigenvalue weighted by atomic mass is 10.0. The molecule has 1 unspecified atom stereocenters. The number of aromatic nitrogens is 1. The van der Waals surface area contributed by atoms with Crippen LogP contribution in [0.5, 0.6) is 0 Å². The van der Waals surface area contributed by atoms with Crippen LogP contribution in [0.3, 0.4) is 0 Å². The SMILES string of the molecule is CCC(CC)CNC(C)c1nc(C)cs1. The van der Waals surface area contributed by atoms with Crippen molar-refractivity contribution in [1.82, 2.24) is 10.3 Å². The standard InChI is InChI=1S/C12H22N2S/c1-5-11(6-2)7-13-10(4)12-14-9(3)8-15-12/h8,10-11,13H,5-7H2,1-4H3. The van der Waals surface area contributed by atoms with Gasteiger partial charge in [-0.25, -0.2) is 4.98 Å². The van der Waals surface area contributed by atoms with E-state index in [-0.39, 0.29) is 0 Å². The third-order valence-corrected chi connectivity index (χ3v) is 4.02. The molecule has 0 saturated carbocycles. The number of thiazole rings is 1. The molecule has 0 radical (unpaired) electrons. The van der Waals surface area contributed by atoms with Gasteiger partial charge in [-0.3, -0.25) is 0 Å². The molecule has 0 saturated heterocycles. The molecule has 86 valence electrons. The Bertz CT molecular complexity index is 279. The Morgan fingerprint density at radius 1 is 1.40 bits per heavy atom. The largest absolute Gasteiger partial charge is 0.308 e. The molecule has 0 fully saturated rings. The first kappa shape index (κ1) is 12.7. The maximum atomic E-state index is 4.50. The summed E-state index contributed by atoms with van der Waals surface area (Å²) in [6.07, 6.45) is 2.51. The number of hydrogen-bond acceptors (Lipinski definition) is 3. The van der Waals surface area contributed by atoms with Crippen LogP contribution in [0.15, 0.2) is 5.38 Å². The molecule has 0 amide bonds. The van der Waals surface area contributed by atoms with Gasteiger partial charge in [-0.1, -0.05) is 26.7 Å². The predicted molar refractivity (Wildman–Crippen MR) is 67.3 cm³/mol. The predicted octanol–water partition coefficient (Wildman–Crippen LogP) is 3.54. The van der Waals surface area contributed by atoms with Crippen molar-refractivity contribution in [3.8, 4) is 0 Å². The van der Waals surface area contributed by atoms with E-state index in [9.17, 15) is 0 Å². The van der Waals surface area contributed by atoms with Gasteiger partial charge in [0.05, 0.1) is 6.04 Å². The number of aryl methyl sites for hydroxylation is 1. The first-order chi connectivity index (χ1) is 7.17. The number of nitrogens with one attached hydrogen (secondary N) is 1.